The number of hydrogen-bond acceptors (Lipinski definition) is 7. The molecular weight excluding hydrogens is 236 g/mol. The highest BCUT2D eigenvalue weighted by Crippen LogP contribution is 2.02. The first-order valence-corrected chi connectivity index (χ1v) is 6.02. The Kier molecular flexibility index (Phi) is 7.51. The number of hydrogen-bond donors (Lipinski definition) is 1. The molecule has 0 spiro atoms. The standard InChI is InChI=1S/C11H22N4O3/c1-16-6-3-4-15(5-7-17-2)9-10-13-11(8-12)18-14-10/h3-9,12H2,1-2H3. The minimum Gasteiger partial charge on any atom is -0.385 e. The first-order valence-electron chi connectivity index (χ1n) is 6.02. The largest absolute Gasteiger partial charge is 0.385 e. The molecule has 7 nitrogen and oxygen atoms in total. The monoisotopic (exact) mass is 258 g/mol. The molecule has 0 radical (unpaired) electrons. The topological polar surface area (TPSA) is 86.6 Å². The fraction of sp³-hybridized carbons (Fsp3) is 0.818. The maximum Gasteiger partial charge on any atom is 0.240 e. The van der Waals surface area contributed by atoms with Crippen molar-refractivity contribution >= 4 is 0 Å². The van der Waals surface area contributed by atoms with E-state index in [0.717, 1.165) is 26.1 Å². The maximum absolute atomic E-state index is 5.43. The summed E-state index contributed by atoms with van der Waals surface area (Å²) in [4.78, 5) is 6.39. The van der Waals surface area contributed by atoms with Crippen LogP contribution in [0.15, 0.2) is 4.52 Å². The van der Waals surface area contributed by atoms with E-state index in [2.05, 4.69) is 15.0 Å². The number of nitrogens with zero attached hydrogens (tertiary/aromatic N) is 3. The lowest BCUT2D eigenvalue weighted by molar-refractivity contribution is 0.127. The van der Waals surface area contributed by atoms with Gasteiger partial charge in [-0.1, -0.05) is 5.16 Å². The molecule has 0 atom stereocenters. The summed E-state index contributed by atoms with van der Waals surface area (Å²) in [5, 5.41) is 3.88. The zero-order valence-electron chi connectivity index (χ0n) is 11.1. The van der Waals surface area contributed by atoms with Gasteiger partial charge in [-0.2, -0.15) is 4.98 Å². The quantitative estimate of drug-likeness (QED) is 0.592. The Morgan fingerprint density at radius 2 is 2.00 bits per heavy atom. The summed E-state index contributed by atoms with van der Waals surface area (Å²) in [5.74, 6) is 1.12. The zero-order valence-corrected chi connectivity index (χ0v) is 11.1. The van der Waals surface area contributed by atoms with Crippen molar-refractivity contribution in [2.45, 2.75) is 19.5 Å². The van der Waals surface area contributed by atoms with Crippen molar-refractivity contribution in [3.8, 4) is 0 Å². The molecule has 7 heteroatoms. The first-order chi connectivity index (χ1) is 8.80. The van der Waals surface area contributed by atoms with Gasteiger partial charge in [0.25, 0.3) is 0 Å². The first kappa shape index (κ1) is 15.0. The van der Waals surface area contributed by atoms with Crippen LogP contribution in [-0.2, 0) is 22.6 Å². The lowest BCUT2D eigenvalue weighted by Crippen LogP contribution is -2.29. The van der Waals surface area contributed by atoms with Gasteiger partial charge in [-0.3, -0.25) is 4.90 Å². The fourth-order valence-corrected chi connectivity index (χ4v) is 1.56. The van der Waals surface area contributed by atoms with E-state index in [1.165, 1.54) is 0 Å². The summed E-state index contributed by atoms with van der Waals surface area (Å²) in [5.41, 5.74) is 5.43. The van der Waals surface area contributed by atoms with Crippen molar-refractivity contribution in [2.24, 2.45) is 5.73 Å². The van der Waals surface area contributed by atoms with Crippen LogP contribution in [0.5, 0.6) is 0 Å². The Morgan fingerprint density at radius 3 is 2.61 bits per heavy atom. The Bertz CT molecular complexity index is 319. The Morgan fingerprint density at radius 1 is 1.22 bits per heavy atom. The molecule has 2 N–H and O–H groups in total. The third-order valence-electron chi connectivity index (χ3n) is 2.48. The zero-order chi connectivity index (χ0) is 13.2. The highest BCUT2D eigenvalue weighted by molar-refractivity contribution is 4.85. The summed E-state index contributed by atoms with van der Waals surface area (Å²) in [6.45, 7) is 4.06. The van der Waals surface area contributed by atoms with Gasteiger partial charge in [0.2, 0.25) is 5.89 Å². The van der Waals surface area contributed by atoms with Gasteiger partial charge in [-0.05, 0) is 6.42 Å². The number of aromatic nitrogens is 2. The van der Waals surface area contributed by atoms with E-state index < -0.39 is 0 Å². The molecule has 1 heterocycles. The van der Waals surface area contributed by atoms with E-state index in [0.29, 0.717) is 24.9 Å². The molecule has 0 unspecified atom stereocenters. The van der Waals surface area contributed by atoms with Gasteiger partial charge in [0.1, 0.15) is 0 Å². The normalized spacial score (nSPS) is 11.3. The Labute approximate surface area is 107 Å². The number of methoxy groups -OCH3 is 2. The molecule has 1 aromatic rings. The van der Waals surface area contributed by atoms with Crippen molar-refractivity contribution in [3.63, 3.8) is 0 Å². The number of nitrogens with two attached hydrogens (primary N) is 1. The van der Waals surface area contributed by atoms with Gasteiger partial charge >= 0.3 is 0 Å². The molecule has 0 saturated carbocycles. The van der Waals surface area contributed by atoms with Gasteiger partial charge in [0, 0.05) is 33.9 Å². The van der Waals surface area contributed by atoms with Crippen molar-refractivity contribution in [1.29, 1.82) is 0 Å². The molecule has 0 aromatic carbocycles. The highest BCUT2D eigenvalue weighted by Gasteiger charge is 2.10. The third-order valence-corrected chi connectivity index (χ3v) is 2.48. The van der Waals surface area contributed by atoms with Crippen molar-refractivity contribution < 1.29 is 14.0 Å². The minimum atomic E-state index is 0.273. The van der Waals surface area contributed by atoms with Crippen molar-refractivity contribution in [2.75, 3.05) is 40.5 Å². The Hall–Kier alpha value is -1.02. The summed E-state index contributed by atoms with van der Waals surface area (Å²) >= 11 is 0. The fourth-order valence-electron chi connectivity index (χ4n) is 1.56. The average molecular weight is 258 g/mol. The average Bonchev–Trinajstić information content (AvgIpc) is 2.83. The van der Waals surface area contributed by atoms with Crippen LogP contribution in [0.25, 0.3) is 0 Å². The van der Waals surface area contributed by atoms with Crippen LogP contribution < -0.4 is 5.73 Å². The molecule has 1 rings (SSSR count). The van der Waals surface area contributed by atoms with Crippen molar-refractivity contribution in [1.82, 2.24) is 15.0 Å². The van der Waals surface area contributed by atoms with Crippen LogP contribution in [0.1, 0.15) is 18.1 Å². The molecule has 104 valence electrons. The molecule has 0 saturated heterocycles. The highest BCUT2D eigenvalue weighted by atomic mass is 16.5. The predicted molar refractivity (Wildman–Crippen MR) is 65.8 cm³/mol. The lowest BCUT2D eigenvalue weighted by Gasteiger charge is -2.19. The van der Waals surface area contributed by atoms with E-state index in [9.17, 15) is 0 Å². The van der Waals surface area contributed by atoms with E-state index in [4.69, 9.17) is 19.7 Å². The maximum atomic E-state index is 5.43. The lowest BCUT2D eigenvalue weighted by atomic mass is 10.3. The van der Waals surface area contributed by atoms with Crippen LogP contribution in [0.2, 0.25) is 0 Å². The molecule has 1 aromatic heterocycles. The van der Waals surface area contributed by atoms with Gasteiger partial charge in [0.05, 0.1) is 19.7 Å². The smallest absolute Gasteiger partial charge is 0.240 e. The third kappa shape index (κ3) is 5.54. The van der Waals surface area contributed by atoms with Gasteiger partial charge < -0.3 is 19.7 Å². The summed E-state index contributed by atoms with van der Waals surface area (Å²) < 4.78 is 15.1. The molecule has 18 heavy (non-hydrogen) atoms. The van der Waals surface area contributed by atoms with Crippen molar-refractivity contribution in [3.05, 3.63) is 11.7 Å². The molecular formula is C11H22N4O3. The molecule has 0 aliphatic carbocycles. The van der Waals surface area contributed by atoms with Gasteiger partial charge in [-0.25, -0.2) is 0 Å². The molecule has 0 fully saturated rings. The van der Waals surface area contributed by atoms with Crippen LogP contribution in [0.3, 0.4) is 0 Å². The summed E-state index contributed by atoms with van der Waals surface area (Å²) in [7, 11) is 3.39. The second-order valence-corrected chi connectivity index (χ2v) is 3.92. The summed E-state index contributed by atoms with van der Waals surface area (Å²) in [6.07, 6.45) is 0.960. The summed E-state index contributed by atoms with van der Waals surface area (Å²) in [6, 6.07) is 0. The number of rotatable bonds is 10. The minimum absolute atomic E-state index is 0.273. The SMILES string of the molecule is COCCCN(CCOC)Cc1noc(CN)n1. The van der Waals surface area contributed by atoms with E-state index in [1.807, 2.05) is 0 Å². The van der Waals surface area contributed by atoms with E-state index in [-0.39, 0.29) is 6.54 Å². The van der Waals surface area contributed by atoms with Crippen LogP contribution in [-0.4, -0.2) is 55.6 Å². The molecule has 0 aliphatic heterocycles. The second-order valence-electron chi connectivity index (χ2n) is 3.92. The van der Waals surface area contributed by atoms with Crippen LogP contribution in [0, 0.1) is 0 Å². The van der Waals surface area contributed by atoms with Gasteiger partial charge in [-0.15, -0.1) is 0 Å². The Balaban J connectivity index is 2.42. The van der Waals surface area contributed by atoms with Gasteiger partial charge in [0.15, 0.2) is 5.82 Å². The van der Waals surface area contributed by atoms with E-state index >= 15 is 0 Å². The second kappa shape index (κ2) is 8.98. The molecule has 0 aliphatic rings. The van der Waals surface area contributed by atoms with Crippen LogP contribution in [0.4, 0.5) is 0 Å². The molecule has 0 amide bonds. The molecule has 0 bridgehead atoms. The number of ether oxygens (including phenoxy) is 2. The van der Waals surface area contributed by atoms with E-state index in [1.54, 1.807) is 14.2 Å². The van der Waals surface area contributed by atoms with Crippen LogP contribution >= 0.6 is 0 Å². The predicted octanol–water partition coefficient (Wildman–Crippen LogP) is 0.0132.